The predicted molar refractivity (Wildman–Crippen MR) is 107 cm³/mol. The summed E-state index contributed by atoms with van der Waals surface area (Å²) in [6.45, 7) is 2.78. The minimum atomic E-state index is -0.317. The fourth-order valence-corrected chi connectivity index (χ4v) is 3.16. The Morgan fingerprint density at radius 3 is 2.04 bits per heavy atom. The Kier molecular flexibility index (Phi) is 4.41. The van der Waals surface area contributed by atoms with Crippen molar-refractivity contribution in [1.82, 2.24) is 20.0 Å². The number of anilines is 1. The summed E-state index contributed by atoms with van der Waals surface area (Å²) in [5.74, 6) is -0.321. The first-order chi connectivity index (χ1) is 13.6. The first-order valence-corrected chi connectivity index (χ1v) is 8.75. The van der Waals surface area contributed by atoms with Crippen LogP contribution in [0.15, 0.2) is 60.7 Å². The smallest absolute Gasteiger partial charge is 0.245 e. The molecule has 0 aliphatic heterocycles. The van der Waals surface area contributed by atoms with Crippen LogP contribution in [-0.2, 0) is 4.79 Å². The summed E-state index contributed by atoms with van der Waals surface area (Å²) in [4.78, 5) is 23.8. The lowest BCUT2D eigenvalue weighted by Crippen LogP contribution is -2.10. The van der Waals surface area contributed by atoms with Crippen molar-refractivity contribution in [3.05, 3.63) is 60.7 Å². The second-order valence-electron chi connectivity index (χ2n) is 6.31. The quantitative estimate of drug-likeness (QED) is 0.592. The normalized spacial score (nSPS) is 10.8. The lowest BCUT2D eigenvalue weighted by atomic mass is 9.97. The Morgan fingerprint density at radius 2 is 1.46 bits per heavy atom. The van der Waals surface area contributed by atoms with E-state index >= 15 is 0 Å². The van der Waals surface area contributed by atoms with Crippen LogP contribution in [0, 0.1) is 0 Å². The highest BCUT2D eigenvalue weighted by Gasteiger charge is 2.23. The Bertz CT molecular complexity index is 1180. The van der Waals surface area contributed by atoms with Gasteiger partial charge in [-0.1, -0.05) is 60.7 Å². The summed E-state index contributed by atoms with van der Waals surface area (Å²) in [7, 11) is 0. The van der Waals surface area contributed by atoms with Gasteiger partial charge in [-0.15, -0.1) is 15.3 Å². The van der Waals surface area contributed by atoms with Crippen molar-refractivity contribution in [1.29, 1.82) is 0 Å². The second kappa shape index (κ2) is 7.03. The third-order valence-corrected chi connectivity index (χ3v) is 4.29. The van der Waals surface area contributed by atoms with Crippen molar-refractivity contribution in [2.45, 2.75) is 13.8 Å². The van der Waals surface area contributed by atoms with E-state index < -0.39 is 0 Å². The summed E-state index contributed by atoms with van der Waals surface area (Å²) in [6.07, 6.45) is 0. The molecule has 28 heavy (non-hydrogen) atoms. The van der Waals surface area contributed by atoms with E-state index in [-0.39, 0.29) is 17.6 Å². The van der Waals surface area contributed by atoms with Gasteiger partial charge in [-0.05, 0) is 5.56 Å². The highest BCUT2D eigenvalue weighted by atomic mass is 16.2. The average molecular weight is 371 g/mol. The van der Waals surface area contributed by atoms with Gasteiger partial charge in [0.2, 0.25) is 11.8 Å². The maximum atomic E-state index is 12.1. The molecule has 1 amide bonds. The van der Waals surface area contributed by atoms with Crippen LogP contribution in [0.25, 0.3) is 33.4 Å². The zero-order chi connectivity index (χ0) is 19.7. The van der Waals surface area contributed by atoms with E-state index in [9.17, 15) is 9.59 Å². The fraction of sp³-hybridized carbons (Fsp3) is 0.0952. The number of hydrogen-bond acceptors (Lipinski definition) is 5. The van der Waals surface area contributed by atoms with Crippen molar-refractivity contribution >= 4 is 28.7 Å². The van der Waals surface area contributed by atoms with Gasteiger partial charge < -0.3 is 5.32 Å². The molecule has 4 rings (SSSR count). The van der Waals surface area contributed by atoms with E-state index in [4.69, 9.17) is 0 Å². The molecule has 7 heteroatoms. The minimum absolute atomic E-state index is 0.281. The molecule has 0 unspecified atom stereocenters. The van der Waals surface area contributed by atoms with Gasteiger partial charge in [0.15, 0.2) is 11.5 Å². The highest BCUT2D eigenvalue weighted by Crippen LogP contribution is 2.38. The standard InChI is InChI=1S/C21H17N5O2/c1-13(27)22-20-18-17(15-9-5-3-6-10-15)19(16-11-7-4-8-12-16)23-24-21(18)26(25-20)14(2)28/h3-12H,1-2H3,(H,22,25,27). The summed E-state index contributed by atoms with van der Waals surface area (Å²) in [6, 6.07) is 19.3. The van der Waals surface area contributed by atoms with Crippen LogP contribution < -0.4 is 5.32 Å². The molecule has 1 N–H and O–H groups in total. The first kappa shape index (κ1) is 17.5. The van der Waals surface area contributed by atoms with Crippen LogP contribution >= 0.6 is 0 Å². The largest absolute Gasteiger partial charge is 0.309 e. The Labute approximate surface area is 161 Å². The van der Waals surface area contributed by atoms with Crippen molar-refractivity contribution < 1.29 is 9.59 Å². The average Bonchev–Trinajstić information content (AvgIpc) is 3.07. The fourth-order valence-electron chi connectivity index (χ4n) is 3.16. The molecule has 7 nitrogen and oxygen atoms in total. The molecule has 4 aromatic rings. The van der Waals surface area contributed by atoms with E-state index in [1.54, 1.807) is 0 Å². The summed E-state index contributed by atoms with van der Waals surface area (Å²) < 4.78 is 1.16. The number of carbonyl (C=O) groups is 2. The maximum absolute atomic E-state index is 12.1. The van der Waals surface area contributed by atoms with Gasteiger partial charge in [-0.3, -0.25) is 9.59 Å². The van der Waals surface area contributed by atoms with Crippen molar-refractivity contribution in [3.8, 4) is 22.4 Å². The van der Waals surface area contributed by atoms with Crippen LogP contribution in [0.2, 0.25) is 0 Å². The summed E-state index contributed by atoms with van der Waals surface area (Å²) >= 11 is 0. The number of hydrogen-bond donors (Lipinski definition) is 1. The summed E-state index contributed by atoms with van der Waals surface area (Å²) in [5, 5.41) is 16.3. The Balaban J connectivity index is 2.14. The number of benzene rings is 2. The van der Waals surface area contributed by atoms with Crippen LogP contribution in [0.3, 0.4) is 0 Å². The first-order valence-electron chi connectivity index (χ1n) is 8.75. The molecule has 2 heterocycles. The topological polar surface area (TPSA) is 89.8 Å². The van der Waals surface area contributed by atoms with E-state index in [0.29, 0.717) is 16.7 Å². The van der Waals surface area contributed by atoms with Crippen LogP contribution in [0.4, 0.5) is 5.82 Å². The number of amides is 1. The molecule has 0 aliphatic rings. The van der Waals surface area contributed by atoms with Crippen LogP contribution in [-0.4, -0.2) is 31.8 Å². The lowest BCUT2D eigenvalue weighted by molar-refractivity contribution is -0.114. The number of rotatable bonds is 3. The molecular weight excluding hydrogens is 354 g/mol. The third kappa shape index (κ3) is 3.03. The molecule has 0 spiro atoms. The third-order valence-electron chi connectivity index (χ3n) is 4.29. The molecule has 0 radical (unpaired) electrons. The minimum Gasteiger partial charge on any atom is -0.309 e. The molecule has 0 aliphatic carbocycles. The van der Waals surface area contributed by atoms with Gasteiger partial charge in [-0.2, -0.15) is 4.68 Å². The number of nitrogens with zero attached hydrogens (tertiary/aromatic N) is 4. The Hall–Kier alpha value is -3.87. The molecule has 0 saturated carbocycles. The highest BCUT2D eigenvalue weighted by molar-refractivity contribution is 6.10. The molecule has 138 valence electrons. The predicted octanol–water partition coefficient (Wildman–Crippen LogP) is 3.78. The number of fused-ring (bicyclic) bond motifs is 1. The van der Waals surface area contributed by atoms with Gasteiger partial charge >= 0.3 is 0 Å². The molecule has 2 aromatic carbocycles. The van der Waals surface area contributed by atoms with Crippen LogP contribution in [0.5, 0.6) is 0 Å². The monoisotopic (exact) mass is 371 g/mol. The van der Waals surface area contributed by atoms with Crippen molar-refractivity contribution in [2.24, 2.45) is 0 Å². The number of carbonyl (C=O) groups excluding carboxylic acids is 2. The lowest BCUT2D eigenvalue weighted by Gasteiger charge is -2.11. The molecule has 0 bridgehead atoms. The molecular formula is C21H17N5O2. The van der Waals surface area contributed by atoms with E-state index in [2.05, 4.69) is 20.6 Å². The van der Waals surface area contributed by atoms with E-state index in [1.807, 2.05) is 60.7 Å². The molecule has 0 atom stereocenters. The van der Waals surface area contributed by atoms with Crippen molar-refractivity contribution in [2.75, 3.05) is 5.32 Å². The molecule has 2 aromatic heterocycles. The molecule has 0 saturated heterocycles. The number of nitrogens with one attached hydrogen (secondary N) is 1. The van der Waals surface area contributed by atoms with Crippen LogP contribution in [0.1, 0.15) is 18.6 Å². The maximum Gasteiger partial charge on any atom is 0.245 e. The van der Waals surface area contributed by atoms with Gasteiger partial charge in [-0.25, -0.2) is 0 Å². The van der Waals surface area contributed by atoms with E-state index in [0.717, 1.165) is 21.4 Å². The van der Waals surface area contributed by atoms with Gasteiger partial charge in [0, 0.05) is 25.0 Å². The van der Waals surface area contributed by atoms with Gasteiger partial charge in [0.1, 0.15) is 5.69 Å². The second-order valence-corrected chi connectivity index (χ2v) is 6.31. The zero-order valence-electron chi connectivity index (χ0n) is 15.4. The number of aromatic nitrogens is 4. The van der Waals surface area contributed by atoms with Gasteiger partial charge in [0.05, 0.1) is 5.39 Å². The summed E-state index contributed by atoms with van der Waals surface area (Å²) in [5.41, 5.74) is 3.47. The molecule has 0 fully saturated rings. The zero-order valence-corrected chi connectivity index (χ0v) is 15.4. The van der Waals surface area contributed by atoms with Crippen molar-refractivity contribution in [3.63, 3.8) is 0 Å². The Morgan fingerprint density at radius 1 is 0.857 bits per heavy atom. The SMILES string of the molecule is CC(=O)Nc1nn(C(C)=O)c2nnc(-c3ccccc3)c(-c3ccccc3)c12. The van der Waals surface area contributed by atoms with E-state index in [1.165, 1.54) is 13.8 Å². The van der Waals surface area contributed by atoms with Gasteiger partial charge in [0.25, 0.3) is 0 Å².